The van der Waals surface area contributed by atoms with Crippen molar-refractivity contribution >= 4 is 5.78 Å². The minimum atomic E-state index is -0.0215. The lowest BCUT2D eigenvalue weighted by Gasteiger charge is -2.48. The number of rotatable bonds is 6. The molecule has 2 aliphatic heterocycles. The van der Waals surface area contributed by atoms with Crippen LogP contribution in [0.1, 0.15) is 85.5 Å². The molecule has 0 aromatic carbocycles. The lowest BCUT2D eigenvalue weighted by molar-refractivity contribution is -0.116. The summed E-state index contributed by atoms with van der Waals surface area (Å²) in [7, 11) is 1.73. The highest BCUT2D eigenvalue weighted by atomic mass is 16.5. The number of allylic oxidation sites excluding steroid dienone is 3. The largest absolute Gasteiger partial charge is 0.382 e. The van der Waals surface area contributed by atoms with Crippen LogP contribution >= 0.6 is 0 Å². The van der Waals surface area contributed by atoms with Crippen LogP contribution in [-0.2, 0) is 19.0 Å². The zero-order chi connectivity index (χ0) is 26.7. The van der Waals surface area contributed by atoms with Crippen LogP contribution in [-0.4, -0.2) is 68.4 Å². The molecule has 0 amide bonds. The van der Waals surface area contributed by atoms with Gasteiger partial charge >= 0.3 is 0 Å². The van der Waals surface area contributed by atoms with Crippen LogP contribution in [0.3, 0.4) is 0 Å². The Morgan fingerprint density at radius 2 is 1.97 bits per heavy atom. The topological polar surface area (TPSA) is 48.0 Å². The van der Waals surface area contributed by atoms with E-state index < -0.39 is 0 Å². The van der Waals surface area contributed by atoms with E-state index in [1.807, 2.05) is 6.08 Å². The molecule has 2 saturated carbocycles. The monoisotopic (exact) mass is 525 g/mol. The average molecular weight is 526 g/mol. The van der Waals surface area contributed by atoms with E-state index in [0.717, 1.165) is 63.1 Å². The van der Waals surface area contributed by atoms with Gasteiger partial charge in [0.2, 0.25) is 0 Å². The Labute approximate surface area is 230 Å². The van der Waals surface area contributed by atoms with Crippen molar-refractivity contribution in [2.24, 2.45) is 35.0 Å². The summed E-state index contributed by atoms with van der Waals surface area (Å²) < 4.78 is 18.3. The molecule has 4 fully saturated rings. The minimum absolute atomic E-state index is 0.0215. The lowest BCUT2D eigenvalue weighted by Crippen LogP contribution is -2.52. The van der Waals surface area contributed by atoms with Crippen LogP contribution in [0.2, 0.25) is 0 Å². The fraction of sp³-hybridized carbons (Fsp3) is 0.848. The van der Waals surface area contributed by atoms with E-state index in [2.05, 4.69) is 32.6 Å². The number of piperidine rings is 1. The van der Waals surface area contributed by atoms with Crippen LogP contribution in [0, 0.1) is 35.0 Å². The van der Waals surface area contributed by atoms with Gasteiger partial charge in [0.25, 0.3) is 0 Å². The van der Waals surface area contributed by atoms with Crippen molar-refractivity contribution in [3.8, 4) is 0 Å². The van der Waals surface area contributed by atoms with Gasteiger partial charge in [0.05, 0.1) is 31.5 Å². The Morgan fingerprint density at radius 3 is 2.79 bits per heavy atom. The number of likely N-dealkylation sites (tertiary alicyclic amines) is 1. The highest BCUT2D eigenvalue weighted by Crippen LogP contribution is 2.64. The van der Waals surface area contributed by atoms with Gasteiger partial charge in [0.1, 0.15) is 0 Å². The van der Waals surface area contributed by atoms with Crippen molar-refractivity contribution in [1.29, 1.82) is 0 Å². The van der Waals surface area contributed by atoms with E-state index in [-0.39, 0.29) is 11.0 Å². The summed E-state index contributed by atoms with van der Waals surface area (Å²) in [6.45, 7) is 14.1. The van der Waals surface area contributed by atoms with E-state index in [9.17, 15) is 4.79 Å². The fourth-order valence-electron chi connectivity index (χ4n) is 10.2. The third-order valence-electron chi connectivity index (χ3n) is 12.1. The number of carbonyl (C=O) groups is 1. The fourth-order valence-corrected chi connectivity index (χ4v) is 10.2. The second kappa shape index (κ2) is 10.4. The van der Waals surface area contributed by atoms with Gasteiger partial charge in [-0.2, -0.15) is 0 Å². The highest BCUT2D eigenvalue weighted by molar-refractivity contribution is 5.91. The molecular formula is C33H51NO4. The van der Waals surface area contributed by atoms with Crippen molar-refractivity contribution in [3.05, 3.63) is 22.8 Å². The number of carbonyl (C=O) groups excluding carboxylic acids is 1. The molecule has 2 heterocycles. The molecule has 8 unspecified atom stereocenters. The smallest absolute Gasteiger partial charge is 0.155 e. The molecule has 6 rings (SSSR count). The standard InChI is InChI=1S/C33H51NO4/c1-21-16-30-31(34(20-21)12-13-37-15-14-36-5)23(3)33(38-30)11-9-26-27-7-6-24-17-25(35)8-10-32(24,4)29(27)18-28(26)22(2)19-33/h17,21,23,26-27,29-31H,6-16,18-20H2,1-5H3/t21-,23?,26?,27?,29?,30?,31?,32?,33?/m0/s1. The Bertz CT molecular complexity index is 987. The predicted octanol–water partition coefficient (Wildman–Crippen LogP) is 5.98. The molecule has 38 heavy (non-hydrogen) atoms. The third kappa shape index (κ3) is 4.48. The maximum atomic E-state index is 12.2. The number of hydrogen-bond acceptors (Lipinski definition) is 5. The quantitative estimate of drug-likeness (QED) is 0.316. The SMILES string of the molecule is COCCOCCN1C[C@@H](C)CC2OC3(CCC4C(=C(C)C3)CC3C4CCC4=CC(=O)CCC43C)C(C)C21. The molecule has 1 spiro atoms. The van der Waals surface area contributed by atoms with Gasteiger partial charge in [-0.15, -0.1) is 0 Å². The molecule has 9 atom stereocenters. The Kier molecular flexibility index (Phi) is 7.46. The highest BCUT2D eigenvalue weighted by Gasteiger charge is 2.59. The van der Waals surface area contributed by atoms with Gasteiger partial charge in [0.15, 0.2) is 5.78 Å². The molecule has 0 aromatic rings. The van der Waals surface area contributed by atoms with Crippen molar-refractivity contribution in [3.63, 3.8) is 0 Å². The molecule has 6 aliphatic rings. The van der Waals surface area contributed by atoms with E-state index in [4.69, 9.17) is 14.2 Å². The average Bonchev–Trinajstić information content (AvgIpc) is 3.34. The van der Waals surface area contributed by atoms with Gasteiger partial charge in [-0.25, -0.2) is 0 Å². The molecule has 0 radical (unpaired) electrons. The number of ketones is 1. The van der Waals surface area contributed by atoms with E-state index in [1.54, 1.807) is 18.3 Å². The minimum Gasteiger partial charge on any atom is -0.382 e. The molecule has 0 aromatic heterocycles. The second-order valence-corrected chi connectivity index (χ2v) is 14.1. The normalized spacial score (nSPS) is 44.9. The molecule has 5 heteroatoms. The van der Waals surface area contributed by atoms with Gasteiger partial charge in [-0.05, 0) is 93.5 Å². The molecule has 0 N–H and O–H groups in total. The summed E-state index contributed by atoms with van der Waals surface area (Å²) in [5.74, 6) is 3.78. The first-order valence-electron chi connectivity index (χ1n) is 15.7. The summed E-state index contributed by atoms with van der Waals surface area (Å²) in [5, 5.41) is 0. The number of hydrogen-bond donors (Lipinski definition) is 0. The van der Waals surface area contributed by atoms with E-state index in [0.29, 0.717) is 43.0 Å². The summed E-state index contributed by atoms with van der Waals surface area (Å²) in [5.41, 5.74) is 5.10. The van der Waals surface area contributed by atoms with Crippen LogP contribution in [0.4, 0.5) is 0 Å². The predicted molar refractivity (Wildman–Crippen MR) is 150 cm³/mol. The maximum Gasteiger partial charge on any atom is 0.155 e. The first-order chi connectivity index (χ1) is 18.3. The zero-order valence-electron chi connectivity index (χ0n) is 24.6. The van der Waals surface area contributed by atoms with Gasteiger partial charge in [-0.1, -0.05) is 37.5 Å². The second-order valence-electron chi connectivity index (χ2n) is 14.1. The molecular weight excluding hydrogens is 474 g/mol. The first kappa shape index (κ1) is 27.2. The molecule has 4 aliphatic carbocycles. The maximum absolute atomic E-state index is 12.2. The number of methoxy groups -OCH3 is 1. The Balaban J connectivity index is 1.21. The number of nitrogens with zero attached hydrogens (tertiary/aromatic N) is 1. The van der Waals surface area contributed by atoms with Crippen molar-refractivity contribution < 1.29 is 19.0 Å². The Morgan fingerprint density at radius 1 is 1.13 bits per heavy atom. The molecule has 0 bridgehead atoms. The van der Waals surface area contributed by atoms with Crippen LogP contribution in [0.25, 0.3) is 0 Å². The van der Waals surface area contributed by atoms with Crippen LogP contribution in [0.5, 0.6) is 0 Å². The van der Waals surface area contributed by atoms with E-state index in [1.165, 1.54) is 37.7 Å². The lowest BCUT2D eigenvalue weighted by atomic mass is 9.56. The van der Waals surface area contributed by atoms with Gasteiger partial charge in [-0.3, -0.25) is 9.69 Å². The summed E-state index contributed by atoms with van der Waals surface area (Å²) in [4.78, 5) is 14.9. The zero-order valence-corrected chi connectivity index (χ0v) is 24.6. The molecule has 5 nitrogen and oxygen atoms in total. The Hall–Kier alpha value is -1.01. The van der Waals surface area contributed by atoms with Crippen LogP contribution < -0.4 is 0 Å². The summed E-state index contributed by atoms with van der Waals surface area (Å²) >= 11 is 0. The van der Waals surface area contributed by atoms with Crippen molar-refractivity contribution in [2.45, 2.75) is 103 Å². The number of fused-ring (bicyclic) bond motifs is 6. The summed E-state index contributed by atoms with van der Waals surface area (Å²) in [6.07, 6.45) is 12.6. The van der Waals surface area contributed by atoms with Crippen molar-refractivity contribution in [2.75, 3.05) is 40.0 Å². The molecule has 2 saturated heterocycles. The number of ether oxygens (including phenoxy) is 3. The van der Waals surface area contributed by atoms with E-state index >= 15 is 0 Å². The molecule has 212 valence electrons. The third-order valence-corrected chi connectivity index (χ3v) is 12.1. The summed E-state index contributed by atoms with van der Waals surface area (Å²) in [6, 6.07) is 0.502. The van der Waals surface area contributed by atoms with Crippen molar-refractivity contribution in [1.82, 2.24) is 4.90 Å². The van der Waals surface area contributed by atoms with Gasteiger partial charge < -0.3 is 14.2 Å². The van der Waals surface area contributed by atoms with Crippen LogP contribution in [0.15, 0.2) is 22.8 Å². The van der Waals surface area contributed by atoms with Gasteiger partial charge in [0, 0.05) is 38.6 Å². The first-order valence-corrected chi connectivity index (χ1v) is 15.7.